The molecule has 0 spiro atoms. The molecule has 0 amide bonds. The van der Waals surface area contributed by atoms with Crippen LogP contribution >= 0.6 is 23.2 Å². The molecule has 1 nitrogen and oxygen atoms in total. The van der Waals surface area contributed by atoms with Crippen molar-refractivity contribution in [2.75, 3.05) is 18.4 Å². The monoisotopic (exact) mass is 396 g/mol. The van der Waals surface area contributed by atoms with E-state index in [0.29, 0.717) is 18.4 Å². The van der Waals surface area contributed by atoms with E-state index in [4.69, 9.17) is 27.9 Å². The van der Waals surface area contributed by atoms with E-state index in [1.54, 1.807) is 0 Å². The molecule has 0 saturated carbocycles. The van der Waals surface area contributed by atoms with Crippen LogP contribution in [0.5, 0.6) is 5.75 Å². The molecule has 3 aromatic rings. The summed E-state index contributed by atoms with van der Waals surface area (Å²) in [6.07, 6.45) is 0.792. The van der Waals surface area contributed by atoms with Crippen molar-refractivity contribution in [3.05, 3.63) is 102 Å². The lowest BCUT2D eigenvalue weighted by atomic mass is 9.88. The SMILES string of the molecule is ClCCOc1ccc(/C(=C(/CCCl)c2ccccc2)c2ccccc2)cc1. The molecule has 3 heteroatoms. The van der Waals surface area contributed by atoms with Gasteiger partial charge in [0.2, 0.25) is 0 Å². The molecular formula is C24H22Cl2O. The molecule has 3 rings (SSSR count). The Morgan fingerprint density at radius 3 is 1.74 bits per heavy atom. The number of hydrogen-bond acceptors (Lipinski definition) is 1. The molecule has 0 saturated heterocycles. The number of rotatable bonds is 8. The number of benzene rings is 3. The molecule has 0 heterocycles. The molecule has 3 aromatic carbocycles. The van der Waals surface area contributed by atoms with Gasteiger partial charge in [0.25, 0.3) is 0 Å². The Labute approximate surface area is 171 Å². The van der Waals surface area contributed by atoms with Gasteiger partial charge in [-0.2, -0.15) is 0 Å². The first-order valence-electron chi connectivity index (χ1n) is 9.02. The number of allylic oxidation sites excluding steroid dienone is 1. The van der Waals surface area contributed by atoms with Crippen molar-refractivity contribution in [3.8, 4) is 5.75 Å². The molecule has 0 aromatic heterocycles. The van der Waals surface area contributed by atoms with Gasteiger partial charge in [-0.1, -0.05) is 72.8 Å². The minimum absolute atomic E-state index is 0.477. The van der Waals surface area contributed by atoms with Crippen LogP contribution in [0, 0.1) is 0 Å². The lowest BCUT2D eigenvalue weighted by Crippen LogP contribution is -1.99. The highest BCUT2D eigenvalue weighted by molar-refractivity contribution is 6.19. The average molecular weight is 397 g/mol. The quantitative estimate of drug-likeness (QED) is 0.297. The summed E-state index contributed by atoms with van der Waals surface area (Å²) < 4.78 is 5.62. The van der Waals surface area contributed by atoms with E-state index >= 15 is 0 Å². The lowest BCUT2D eigenvalue weighted by Gasteiger charge is -2.17. The maximum absolute atomic E-state index is 6.18. The lowest BCUT2D eigenvalue weighted by molar-refractivity contribution is 0.343. The standard InChI is InChI=1S/C24H22Cl2O/c25-16-15-23(19-7-3-1-4-8-19)24(20-9-5-2-6-10-20)21-11-13-22(14-12-21)27-18-17-26/h1-14H,15-18H2/b24-23-. The molecule has 0 radical (unpaired) electrons. The smallest absolute Gasteiger partial charge is 0.119 e. The number of halogens is 2. The van der Waals surface area contributed by atoms with Gasteiger partial charge in [-0.3, -0.25) is 0 Å². The second-order valence-corrected chi connectivity index (χ2v) is 6.84. The molecule has 0 aliphatic carbocycles. The summed E-state index contributed by atoms with van der Waals surface area (Å²) >= 11 is 11.9. The van der Waals surface area contributed by atoms with E-state index in [0.717, 1.165) is 17.7 Å². The van der Waals surface area contributed by atoms with Crippen LogP contribution in [0.4, 0.5) is 0 Å². The van der Waals surface area contributed by atoms with Crippen LogP contribution in [0.3, 0.4) is 0 Å². The Hall–Kier alpha value is -2.22. The van der Waals surface area contributed by atoms with Gasteiger partial charge in [0, 0.05) is 5.88 Å². The predicted octanol–water partition coefficient (Wildman–Crippen LogP) is 6.89. The normalized spacial score (nSPS) is 11.8. The average Bonchev–Trinajstić information content (AvgIpc) is 2.74. The van der Waals surface area contributed by atoms with Crippen LogP contribution in [-0.2, 0) is 0 Å². The summed E-state index contributed by atoms with van der Waals surface area (Å²) in [7, 11) is 0. The van der Waals surface area contributed by atoms with E-state index in [2.05, 4.69) is 60.7 Å². The molecule has 27 heavy (non-hydrogen) atoms. The van der Waals surface area contributed by atoms with Gasteiger partial charge in [-0.25, -0.2) is 0 Å². The summed E-state index contributed by atoms with van der Waals surface area (Å²) in [4.78, 5) is 0. The van der Waals surface area contributed by atoms with Crippen molar-refractivity contribution in [2.24, 2.45) is 0 Å². The second-order valence-electron chi connectivity index (χ2n) is 6.09. The maximum atomic E-state index is 6.18. The van der Waals surface area contributed by atoms with Crippen LogP contribution in [0.15, 0.2) is 84.9 Å². The first-order valence-corrected chi connectivity index (χ1v) is 10.1. The fraction of sp³-hybridized carbons (Fsp3) is 0.167. The fourth-order valence-corrected chi connectivity index (χ4v) is 3.41. The summed E-state index contributed by atoms with van der Waals surface area (Å²) in [5.41, 5.74) is 5.95. The molecule has 0 unspecified atom stereocenters. The second kappa shape index (κ2) is 10.2. The third-order valence-electron chi connectivity index (χ3n) is 4.32. The summed E-state index contributed by atoms with van der Waals surface area (Å²) in [6, 6.07) is 29.1. The highest BCUT2D eigenvalue weighted by Crippen LogP contribution is 2.35. The molecule has 0 N–H and O–H groups in total. The van der Waals surface area contributed by atoms with Crippen LogP contribution in [-0.4, -0.2) is 18.4 Å². The number of hydrogen-bond donors (Lipinski definition) is 0. The molecule has 0 atom stereocenters. The van der Waals surface area contributed by atoms with Crippen LogP contribution < -0.4 is 4.74 Å². The Bertz CT molecular complexity index is 856. The van der Waals surface area contributed by atoms with Crippen LogP contribution in [0.1, 0.15) is 23.1 Å². The Morgan fingerprint density at radius 1 is 0.630 bits per heavy atom. The Kier molecular flexibility index (Phi) is 7.38. The predicted molar refractivity (Wildman–Crippen MR) is 117 cm³/mol. The number of ether oxygens (including phenoxy) is 1. The largest absolute Gasteiger partial charge is 0.492 e. The zero-order chi connectivity index (χ0) is 18.9. The third-order valence-corrected chi connectivity index (χ3v) is 4.66. The summed E-state index contributed by atoms with van der Waals surface area (Å²) in [6.45, 7) is 0.504. The molecule has 0 bridgehead atoms. The van der Waals surface area contributed by atoms with Gasteiger partial charge >= 0.3 is 0 Å². The van der Waals surface area contributed by atoms with Gasteiger partial charge < -0.3 is 4.74 Å². The first kappa shape index (κ1) is 19.5. The van der Waals surface area contributed by atoms with Gasteiger partial charge in [0.15, 0.2) is 0 Å². The van der Waals surface area contributed by atoms with Crippen molar-refractivity contribution in [1.29, 1.82) is 0 Å². The van der Waals surface area contributed by atoms with E-state index in [-0.39, 0.29) is 0 Å². The van der Waals surface area contributed by atoms with E-state index in [1.165, 1.54) is 22.3 Å². The summed E-state index contributed by atoms with van der Waals surface area (Å²) in [5.74, 6) is 1.87. The van der Waals surface area contributed by atoms with Crippen molar-refractivity contribution < 1.29 is 4.74 Å². The maximum Gasteiger partial charge on any atom is 0.119 e. The van der Waals surface area contributed by atoms with Gasteiger partial charge in [0.05, 0.1) is 5.88 Å². The fourth-order valence-electron chi connectivity index (χ4n) is 3.14. The minimum Gasteiger partial charge on any atom is -0.492 e. The molecule has 0 fully saturated rings. The van der Waals surface area contributed by atoms with Crippen molar-refractivity contribution in [3.63, 3.8) is 0 Å². The Morgan fingerprint density at radius 2 is 1.19 bits per heavy atom. The Balaban J connectivity index is 2.13. The van der Waals surface area contributed by atoms with Crippen LogP contribution in [0.2, 0.25) is 0 Å². The minimum atomic E-state index is 0.477. The van der Waals surface area contributed by atoms with Crippen molar-refractivity contribution in [1.82, 2.24) is 0 Å². The van der Waals surface area contributed by atoms with Crippen LogP contribution in [0.25, 0.3) is 11.1 Å². The molecule has 138 valence electrons. The highest BCUT2D eigenvalue weighted by Gasteiger charge is 2.14. The zero-order valence-electron chi connectivity index (χ0n) is 15.1. The highest BCUT2D eigenvalue weighted by atomic mass is 35.5. The third kappa shape index (κ3) is 5.15. The topological polar surface area (TPSA) is 9.23 Å². The summed E-state index contributed by atoms with van der Waals surface area (Å²) in [5, 5.41) is 0. The van der Waals surface area contributed by atoms with Gasteiger partial charge in [-0.05, 0) is 46.4 Å². The number of alkyl halides is 2. The van der Waals surface area contributed by atoms with E-state index < -0.39 is 0 Å². The van der Waals surface area contributed by atoms with E-state index in [1.807, 2.05) is 24.3 Å². The van der Waals surface area contributed by atoms with Gasteiger partial charge in [0.1, 0.15) is 12.4 Å². The molecule has 0 aliphatic rings. The van der Waals surface area contributed by atoms with Gasteiger partial charge in [-0.15, -0.1) is 23.2 Å². The van der Waals surface area contributed by atoms with E-state index in [9.17, 15) is 0 Å². The van der Waals surface area contributed by atoms with Crippen molar-refractivity contribution >= 4 is 34.3 Å². The first-order chi connectivity index (χ1) is 13.3. The molecule has 0 aliphatic heterocycles. The van der Waals surface area contributed by atoms with Crippen molar-refractivity contribution in [2.45, 2.75) is 6.42 Å². The zero-order valence-corrected chi connectivity index (χ0v) is 16.6. The molecular weight excluding hydrogens is 375 g/mol.